The molecule has 2 amide bonds. The van der Waals surface area contributed by atoms with E-state index in [2.05, 4.69) is 5.32 Å². The molecule has 0 saturated heterocycles. The van der Waals surface area contributed by atoms with Crippen molar-refractivity contribution in [1.29, 1.82) is 0 Å². The molecule has 8 heteroatoms. The smallest absolute Gasteiger partial charge is 0.408 e. The lowest BCUT2D eigenvalue weighted by Crippen LogP contribution is -2.42. The normalized spacial score (nSPS) is 11.5. The van der Waals surface area contributed by atoms with E-state index < -0.39 is 29.6 Å². The molecule has 0 bridgehead atoms. The Morgan fingerprint density at radius 3 is 2.28 bits per heavy atom. The fourth-order valence-corrected chi connectivity index (χ4v) is 3.56. The number of carbonyl (C=O) groups is 3. The van der Waals surface area contributed by atoms with E-state index >= 15 is 0 Å². The molecule has 0 spiro atoms. The molecular formula is C24H20ClFN2O4. The van der Waals surface area contributed by atoms with Crippen molar-refractivity contribution in [2.24, 2.45) is 0 Å². The number of hydrogen-bond donors (Lipinski definition) is 2. The molecule has 32 heavy (non-hydrogen) atoms. The number of amides is 2. The van der Waals surface area contributed by atoms with Crippen LogP contribution in [0.4, 0.5) is 9.18 Å². The van der Waals surface area contributed by atoms with E-state index in [1.807, 2.05) is 0 Å². The van der Waals surface area contributed by atoms with Crippen LogP contribution in [0.5, 0.6) is 0 Å². The Balaban J connectivity index is 2.16. The lowest BCUT2D eigenvalue weighted by molar-refractivity contribution is -0.125. The van der Waals surface area contributed by atoms with E-state index in [0.29, 0.717) is 5.56 Å². The van der Waals surface area contributed by atoms with Crippen LogP contribution in [0.2, 0.25) is 5.02 Å². The number of hydrogen-bond acceptors (Lipinski definition) is 3. The fourth-order valence-electron chi connectivity index (χ4n) is 3.39. The van der Waals surface area contributed by atoms with Crippen molar-refractivity contribution >= 4 is 29.4 Å². The van der Waals surface area contributed by atoms with Gasteiger partial charge in [0.05, 0.1) is 12.1 Å². The largest absolute Gasteiger partial charge is 0.465 e. The van der Waals surface area contributed by atoms with Gasteiger partial charge in [-0.1, -0.05) is 60.1 Å². The highest BCUT2D eigenvalue weighted by atomic mass is 35.5. The van der Waals surface area contributed by atoms with Crippen LogP contribution in [0.3, 0.4) is 0 Å². The Morgan fingerprint density at radius 1 is 1.00 bits per heavy atom. The zero-order chi connectivity index (χ0) is 23.3. The number of carboxylic acid groups (broad SMARTS) is 1. The predicted octanol–water partition coefficient (Wildman–Crippen LogP) is 4.68. The molecule has 3 aromatic carbocycles. The van der Waals surface area contributed by atoms with Gasteiger partial charge in [-0.05, 0) is 35.4 Å². The molecule has 2 N–H and O–H groups in total. The Kier molecular flexibility index (Phi) is 7.22. The van der Waals surface area contributed by atoms with Gasteiger partial charge in [0.15, 0.2) is 5.78 Å². The molecule has 0 saturated carbocycles. The maximum atomic E-state index is 14.3. The standard InChI is InChI=1S/C24H20ClFN2O4/c1-27-23(30)21(28(24(31)32)14-15-7-3-2-4-8-15)17-12-11-16(25)13-19(17)22(29)18-9-5-6-10-20(18)26/h2-13,21H,14H2,1H3,(H,27,30)(H,31,32). The molecule has 0 aromatic heterocycles. The molecule has 0 heterocycles. The third-order valence-corrected chi connectivity index (χ3v) is 5.16. The Morgan fingerprint density at radius 2 is 1.66 bits per heavy atom. The van der Waals surface area contributed by atoms with Gasteiger partial charge in [0.25, 0.3) is 0 Å². The number of carbonyl (C=O) groups excluding carboxylic acids is 2. The average Bonchev–Trinajstić information content (AvgIpc) is 2.79. The minimum absolute atomic E-state index is 0.0597. The Hall–Kier alpha value is -3.71. The molecule has 1 atom stereocenters. The van der Waals surface area contributed by atoms with Crippen molar-refractivity contribution in [3.05, 3.63) is 106 Å². The van der Waals surface area contributed by atoms with Crippen LogP contribution in [-0.2, 0) is 11.3 Å². The molecule has 0 aliphatic rings. The summed E-state index contributed by atoms with van der Waals surface area (Å²) in [7, 11) is 1.37. The number of nitrogens with one attached hydrogen (secondary N) is 1. The third kappa shape index (κ3) is 4.95. The lowest BCUT2D eigenvalue weighted by Gasteiger charge is -2.30. The van der Waals surface area contributed by atoms with Crippen molar-refractivity contribution in [1.82, 2.24) is 10.2 Å². The number of rotatable bonds is 7. The van der Waals surface area contributed by atoms with E-state index in [1.54, 1.807) is 30.3 Å². The second-order valence-electron chi connectivity index (χ2n) is 6.95. The van der Waals surface area contributed by atoms with Crippen molar-refractivity contribution in [2.45, 2.75) is 12.6 Å². The molecule has 0 fully saturated rings. The summed E-state index contributed by atoms with van der Waals surface area (Å²) in [6.45, 7) is -0.107. The number of likely N-dealkylation sites (N-methyl/N-ethyl adjacent to an activating group) is 1. The topological polar surface area (TPSA) is 86.7 Å². The molecule has 0 aliphatic carbocycles. The first-order valence-electron chi connectivity index (χ1n) is 9.67. The number of ketones is 1. The summed E-state index contributed by atoms with van der Waals surface area (Å²) in [6.07, 6.45) is -1.36. The quantitative estimate of drug-likeness (QED) is 0.507. The van der Waals surface area contributed by atoms with Crippen molar-refractivity contribution in [3.63, 3.8) is 0 Å². The second kappa shape index (κ2) is 10.1. The number of nitrogens with zero attached hydrogens (tertiary/aromatic N) is 1. The molecule has 0 aliphatic heterocycles. The van der Waals surface area contributed by atoms with Gasteiger partial charge in [0, 0.05) is 17.6 Å². The maximum absolute atomic E-state index is 14.3. The minimum atomic E-state index is -1.37. The first-order chi connectivity index (χ1) is 15.3. The highest BCUT2D eigenvalue weighted by Crippen LogP contribution is 2.30. The average molecular weight is 455 g/mol. The monoisotopic (exact) mass is 454 g/mol. The minimum Gasteiger partial charge on any atom is -0.465 e. The molecule has 1 unspecified atom stereocenters. The third-order valence-electron chi connectivity index (χ3n) is 4.92. The summed E-state index contributed by atoms with van der Waals surface area (Å²) in [5.74, 6) is -2.09. The van der Waals surface area contributed by atoms with Gasteiger partial charge < -0.3 is 10.4 Å². The van der Waals surface area contributed by atoms with Crippen LogP contribution >= 0.6 is 11.6 Å². The van der Waals surface area contributed by atoms with Gasteiger partial charge >= 0.3 is 6.09 Å². The summed E-state index contributed by atoms with van der Waals surface area (Å²) in [4.78, 5) is 39.2. The van der Waals surface area contributed by atoms with Crippen LogP contribution in [0.15, 0.2) is 72.8 Å². The number of benzene rings is 3. The molecule has 3 aromatic rings. The second-order valence-corrected chi connectivity index (χ2v) is 7.39. The van der Waals surface area contributed by atoms with Crippen LogP contribution < -0.4 is 5.32 Å². The SMILES string of the molecule is CNC(=O)C(c1ccc(Cl)cc1C(=O)c1ccccc1F)N(Cc1ccccc1)C(=O)O. The fraction of sp³-hybridized carbons (Fsp3) is 0.125. The first kappa shape index (κ1) is 23.0. The molecule has 6 nitrogen and oxygen atoms in total. The first-order valence-corrected chi connectivity index (χ1v) is 10.0. The maximum Gasteiger partial charge on any atom is 0.408 e. The summed E-state index contributed by atoms with van der Waals surface area (Å²) < 4.78 is 14.3. The van der Waals surface area contributed by atoms with E-state index in [9.17, 15) is 23.9 Å². The Bertz CT molecular complexity index is 1150. The zero-order valence-electron chi connectivity index (χ0n) is 17.1. The summed E-state index contributed by atoms with van der Waals surface area (Å²) in [6, 6.07) is 17.0. The van der Waals surface area contributed by atoms with Crippen LogP contribution in [-0.4, -0.2) is 34.8 Å². The van der Waals surface area contributed by atoms with Crippen LogP contribution in [0.25, 0.3) is 0 Å². The molecule has 3 rings (SSSR count). The van der Waals surface area contributed by atoms with E-state index in [1.165, 1.54) is 43.4 Å². The van der Waals surface area contributed by atoms with Crippen LogP contribution in [0, 0.1) is 5.82 Å². The van der Waals surface area contributed by atoms with Crippen molar-refractivity contribution in [3.8, 4) is 0 Å². The van der Waals surface area contributed by atoms with E-state index in [0.717, 1.165) is 11.0 Å². The van der Waals surface area contributed by atoms with Gasteiger partial charge in [-0.3, -0.25) is 14.5 Å². The summed E-state index contributed by atoms with van der Waals surface area (Å²) in [5.41, 5.74) is 0.479. The van der Waals surface area contributed by atoms with Gasteiger partial charge in [-0.25, -0.2) is 9.18 Å². The van der Waals surface area contributed by atoms with E-state index in [4.69, 9.17) is 11.6 Å². The van der Waals surface area contributed by atoms with E-state index in [-0.39, 0.29) is 28.3 Å². The Labute approximate surface area is 189 Å². The highest BCUT2D eigenvalue weighted by molar-refractivity contribution is 6.31. The molecular weight excluding hydrogens is 435 g/mol. The highest BCUT2D eigenvalue weighted by Gasteiger charge is 2.34. The van der Waals surface area contributed by atoms with Gasteiger partial charge in [0.1, 0.15) is 11.9 Å². The van der Waals surface area contributed by atoms with Gasteiger partial charge in [-0.15, -0.1) is 0 Å². The van der Waals surface area contributed by atoms with Gasteiger partial charge in [-0.2, -0.15) is 0 Å². The molecule has 164 valence electrons. The zero-order valence-corrected chi connectivity index (χ0v) is 17.8. The van der Waals surface area contributed by atoms with Crippen molar-refractivity contribution in [2.75, 3.05) is 7.05 Å². The number of halogens is 2. The molecule has 0 radical (unpaired) electrons. The predicted molar refractivity (Wildman–Crippen MR) is 118 cm³/mol. The lowest BCUT2D eigenvalue weighted by atomic mass is 9.92. The van der Waals surface area contributed by atoms with Crippen molar-refractivity contribution < 1.29 is 23.9 Å². The van der Waals surface area contributed by atoms with Gasteiger partial charge in [0.2, 0.25) is 5.91 Å². The van der Waals surface area contributed by atoms with Crippen LogP contribution in [0.1, 0.15) is 33.1 Å². The summed E-state index contributed by atoms with van der Waals surface area (Å²) >= 11 is 6.10. The summed E-state index contributed by atoms with van der Waals surface area (Å²) in [5, 5.41) is 12.6.